The first-order valence-corrected chi connectivity index (χ1v) is 11.3. The van der Waals surface area contributed by atoms with E-state index in [0.29, 0.717) is 17.8 Å². The van der Waals surface area contributed by atoms with Gasteiger partial charge >= 0.3 is 5.69 Å². The molecule has 1 aromatic heterocycles. The predicted octanol–water partition coefficient (Wildman–Crippen LogP) is -0.430. The molecule has 1 fully saturated rings. The van der Waals surface area contributed by atoms with Crippen LogP contribution in [0.1, 0.15) is 30.1 Å². The number of hydrogen-bond acceptors (Lipinski definition) is 8. The number of nitrogens with zero attached hydrogens (tertiary/aromatic N) is 3. The van der Waals surface area contributed by atoms with Gasteiger partial charge in [0, 0.05) is 36.6 Å². The lowest BCUT2D eigenvalue weighted by atomic mass is 10.0. The molecule has 7 N–H and O–H groups in total. The molecule has 1 aromatic carbocycles. The first kappa shape index (κ1) is 26.1. The van der Waals surface area contributed by atoms with Crippen molar-refractivity contribution in [3.8, 4) is 11.8 Å². The van der Waals surface area contributed by atoms with E-state index in [1.807, 2.05) is 0 Å². The van der Waals surface area contributed by atoms with Gasteiger partial charge in [-0.2, -0.15) is 4.98 Å². The Morgan fingerprint density at radius 3 is 2.43 bits per heavy atom. The number of aromatic nitrogens is 2. The fourth-order valence-corrected chi connectivity index (χ4v) is 3.28. The van der Waals surface area contributed by atoms with Crippen molar-refractivity contribution in [2.45, 2.75) is 37.9 Å². The van der Waals surface area contributed by atoms with Gasteiger partial charge in [-0.25, -0.2) is 4.79 Å². The van der Waals surface area contributed by atoms with E-state index < -0.39 is 29.6 Å². The number of piperidine rings is 1. The van der Waals surface area contributed by atoms with Crippen LogP contribution in [-0.4, -0.2) is 69.2 Å². The van der Waals surface area contributed by atoms with Crippen molar-refractivity contribution in [1.29, 1.82) is 0 Å². The quantitative estimate of drug-likeness (QED) is 0.332. The maximum absolute atomic E-state index is 12.5. The van der Waals surface area contributed by atoms with Gasteiger partial charge in [-0.05, 0) is 50.1 Å². The molecule has 1 atom stereocenters. The second-order valence-electron chi connectivity index (χ2n) is 8.75. The van der Waals surface area contributed by atoms with Crippen molar-refractivity contribution < 1.29 is 14.7 Å². The van der Waals surface area contributed by atoms with Crippen LogP contribution in [0.25, 0.3) is 0 Å². The zero-order chi connectivity index (χ0) is 25.4. The molecular weight excluding hydrogens is 450 g/mol. The molecule has 0 spiro atoms. The molecule has 3 rings (SSSR count). The summed E-state index contributed by atoms with van der Waals surface area (Å²) in [7, 11) is 0. The Hall–Kier alpha value is -3.56. The van der Waals surface area contributed by atoms with Gasteiger partial charge < -0.3 is 27.2 Å². The molecule has 0 bridgehead atoms. The number of likely N-dealkylation sites (tertiary alicyclic amines) is 1. The third-order valence-electron chi connectivity index (χ3n) is 5.68. The summed E-state index contributed by atoms with van der Waals surface area (Å²) in [6.45, 7) is 3.60. The molecule has 11 nitrogen and oxygen atoms in total. The Morgan fingerprint density at radius 2 is 1.80 bits per heavy atom. The van der Waals surface area contributed by atoms with Gasteiger partial charge in [0.15, 0.2) is 0 Å². The SMILES string of the molecule is C[C@](N)(CO)C(=O)Nc1ccc(C(=O)Nc2ccn(CC#CCN3CCC(N)CC3)c(=O)n2)cc1. The molecule has 0 aliphatic carbocycles. The summed E-state index contributed by atoms with van der Waals surface area (Å²) in [6, 6.07) is 7.87. The van der Waals surface area contributed by atoms with E-state index in [1.54, 1.807) is 0 Å². The van der Waals surface area contributed by atoms with E-state index in [2.05, 4.69) is 32.4 Å². The number of carbonyl (C=O) groups is 2. The maximum Gasteiger partial charge on any atom is 0.350 e. The fraction of sp³-hybridized carbons (Fsp3) is 0.417. The summed E-state index contributed by atoms with van der Waals surface area (Å²) in [4.78, 5) is 42.9. The van der Waals surface area contributed by atoms with E-state index in [-0.39, 0.29) is 18.4 Å². The number of amides is 2. The average molecular weight is 482 g/mol. The van der Waals surface area contributed by atoms with E-state index in [9.17, 15) is 14.4 Å². The van der Waals surface area contributed by atoms with Crippen LogP contribution >= 0.6 is 0 Å². The molecule has 2 amide bonds. The molecule has 2 heterocycles. The van der Waals surface area contributed by atoms with E-state index >= 15 is 0 Å². The van der Waals surface area contributed by atoms with Crippen LogP contribution in [-0.2, 0) is 11.3 Å². The van der Waals surface area contributed by atoms with E-state index in [1.165, 1.54) is 48.0 Å². The first-order chi connectivity index (χ1) is 16.7. The summed E-state index contributed by atoms with van der Waals surface area (Å²) in [5.41, 5.74) is 10.4. The van der Waals surface area contributed by atoms with Crippen molar-refractivity contribution in [3.63, 3.8) is 0 Å². The van der Waals surface area contributed by atoms with Crippen LogP contribution in [0.4, 0.5) is 11.5 Å². The molecule has 35 heavy (non-hydrogen) atoms. The van der Waals surface area contributed by atoms with Crippen molar-refractivity contribution >= 4 is 23.3 Å². The number of hydrogen-bond donors (Lipinski definition) is 5. The molecule has 186 valence electrons. The molecule has 1 aliphatic heterocycles. The first-order valence-electron chi connectivity index (χ1n) is 11.3. The van der Waals surface area contributed by atoms with Gasteiger partial charge in [-0.1, -0.05) is 11.8 Å². The van der Waals surface area contributed by atoms with Gasteiger partial charge in [-0.3, -0.25) is 19.1 Å². The number of nitrogens with two attached hydrogens (primary N) is 2. The molecule has 0 unspecified atom stereocenters. The lowest BCUT2D eigenvalue weighted by Crippen LogP contribution is -2.51. The van der Waals surface area contributed by atoms with Crippen LogP contribution < -0.4 is 27.8 Å². The number of aliphatic hydroxyl groups is 1. The Labute approximate surface area is 203 Å². The lowest BCUT2D eigenvalue weighted by Gasteiger charge is -2.28. The summed E-state index contributed by atoms with van der Waals surface area (Å²) in [5.74, 6) is 5.15. The third-order valence-corrected chi connectivity index (χ3v) is 5.68. The smallest absolute Gasteiger partial charge is 0.350 e. The highest BCUT2D eigenvalue weighted by Crippen LogP contribution is 2.13. The number of rotatable bonds is 7. The van der Waals surface area contributed by atoms with Crippen molar-refractivity contribution in [1.82, 2.24) is 14.5 Å². The minimum Gasteiger partial charge on any atom is -0.394 e. The van der Waals surface area contributed by atoms with Gasteiger partial charge in [0.1, 0.15) is 11.4 Å². The predicted molar refractivity (Wildman–Crippen MR) is 133 cm³/mol. The number of nitrogens with one attached hydrogen (secondary N) is 2. The normalized spacial score (nSPS) is 16.0. The highest BCUT2D eigenvalue weighted by Gasteiger charge is 2.27. The Kier molecular flexibility index (Phi) is 8.73. The maximum atomic E-state index is 12.5. The minimum atomic E-state index is -1.42. The zero-order valence-corrected chi connectivity index (χ0v) is 19.7. The Morgan fingerprint density at radius 1 is 1.14 bits per heavy atom. The average Bonchev–Trinajstić information content (AvgIpc) is 2.84. The number of carbonyl (C=O) groups excluding carboxylic acids is 2. The minimum absolute atomic E-state index is 0.119. The third kappa shape index (κ3) is 7.46. The zero-order valence-electron chi connectivity index (χ0n) is 19.7. The Balaban J connectivity index is 1.53. The second kappa shape index (κ2) is 11.7. The molecule has 0 saturated carbocycles. The van der Waals surface area contributed by atoms with Crippen LogP contribution in [0.15, 0.2) is 41.3 Å². The summed E-state index contributed by atoms with van der Waals surface area (Å²) < 4.78 is 1.36. The molecule has 1 aliphatic rings. The molecule has 0 radical (unpaired) electrons. The molecule has 11 heteroatoms. The summed E-state index contributed by atoms with van der Waals surface area (Å²) in [5, 5.41) is 14.3. The standard InChI is InChI=1S/C24H31N7O4/c1-24(26,16-32)22(34)27-19-6-4-17(5-7-19)21(33)28-20-10-15-31(23(35)29-20)12-3-2-11-30-13-8-18(25)9-14-30/h4-7,10,15,18,32H,8-9,11-14,16,25-26H2,1H3,(H,27,34)(H,28,29,33,35)/t24-/m0/s1. The summed E-state index contributed by atoms with van der Waals surface area (Å²) in [6.07, 6.45) is 3.47. The van der Waals surface area contributed by atoms with Gasteiger partial charge in [0.05, 0.1) is 19.7 Å². The van der Waals surface area contributed by atoms with Gasteiger partial charge in [-0.15, -0.1) is 0 Å². The van der Waals surface area contributed by atoms with E-state index in [0.717, 1.165) is 25.9 Å². The highest BCUT2D eigenvalue weighted by atomic mass is 16.3. The highest BCUT2D eigenvalue weighted by molar-refractivity contribution is 6.04. The van der Waals surface area contributed by atoms with Crippen LogP contribution in [0.3, 0.4) is 0 Å². The largest absolute Gasteiger partial charge is 0.394 e. The fourth-order valence-electron chi connectivity index (χ4n) is 3.28. The van der Waals surface area contributed by atoms with E-state index in [4.69, 9.17) is 16.6 Å². The number of aliphatic hydroxyl groups excluding tert-OH is 1. The molecule has 2 aromatic rings. The number of benzene rings is 1. The number of anilines is 2. The second-order valence-corrected chi connectivity index (χ2v) is 8.75. The van der Waals surface area contributed by atoms with Gasteiger partial charge in [0.25, 0.3) is 5.91 Å². The molecule has 1 saturated heterocycles. The van der Waals surface area contributed by atoms with Crippen molar-refractivity contribution in [2.75, 3.05) is 36.9 Å². The van der Waals surface area contributed by atoms with Crippen molar-refractivity contribution in [2.24, 2.45) is 11.5 Å². The molecular formula is C24H31N7O4. The monoisotopic (exact) mass is 481 g/mol. The van der Waals surface area contributed by atoms with Crippen LogP contribution in [0.5, 0.6) is 0 Å². The topological polar surface area (TPSA) is 169 Å². The van der Waals surface area contributed by atoms with Crippen LogP contribution in [0, 0.1) is 11.8 Å². The lowest BCUT2D eigenvalue weighted by molar-refractivity contribution is -0.121. The van der Waals surface area contributed by atoms with Gasteiger partial charge in [0.2, 0.25) is 5.91 Å². The van der Waals surface area contributed by atoms with Crippen molar-refractivity contribution in [3.05, 3.63) is 52.6 Å². The summed E-state index contributed by atoms with van der Waals surface area (Å²) >= 11 is 0. The van der Waals surface area contributed by atoms with Crippen LogP contribution in [0.2, 0.25) is 0 Å². The Bertz CT molecular complexity index is 1160.